The van der Waals surface area contributed by atoms with Crippen LogP contribution >= 0.6 is 11.8 Å². The minimum Gasteiger partial charge on any atom is -0.496 e. The molecule has 0 radical (unpaired) electrons. The molecule has 32 heavy (non-hydrogen) atoms. The van der Waals surface area contributed by atoms with Crippen molar-refractivity contribution in [3.63, 3.8) is 0 Å². The molecule has 3 aromatic carbocycles. The Morgan fingerprint density at radius 1 is 1.06 bits per heavy atom. The molecule has 1 N–H and O–H groups in total. The maximum absolute atomic E-state index is 14.0. The van der Waals surface area contributed by atoms with E-state index in [9.17, 15) is 9.18 Å². The molecular weight excluding hydrogens is 427 g/mol. The molecule has 1 atom stereocenters. The first kappa shape index (κ1) is 20.3. The average molecular weight is 447 g/mol. The number of halogens is 1. The van der Waals surface area contributed by atoms with E-state index < -0.39 is 6.17 Å². The number of hydrazone groups is 1. The molecule has 0 aliphatic carbocycles. The molecule has 0 bridgehead atoms. The first-order valence-corrected chi connectivity index (χ1v) is 11.0. The maximum atomic E-state index is 14.0. The van der Waals surface area contributed by atoms with E-state index in [4.69, 9.17) is 14.8 Å². The van der Waals surface area contributed by atoms with E-state index in [1.54, 1.807) is 30.3 Å². The molecule has 2 heterocycles. The van der Waals surface area contributed by atoms with Crippen molar-refractivity contribution in [1.82, 2.24) is 10.3 Å². The van der Waals surface area contributed by atoms with Gasteiger partial charge in [0.2, 0.25) is 0 Å². The smallest absolute Gasteiger partial charge is 0.276 e. The lowest BCUT2D eigenvalue weighted by atomic mass is 10.1. The summed E-state index contributed by atoms with van der Waals surface area (Å²) in [6, 6.07) is 21.6. The lowest BCUT2D eigenvalue weighted by molar-refractivity contribution is -0.116. The summed E-state index contributed by atoms with van der Waals surface area (Å²) < 4.78 is 19.6. The number of hydrogen-bond donors (Lipinski definition) is 1. The minimum absolute atomic E-state index is 0.279. The summed E-state index contributed by atoms with van der Waals surface area (Å²) in [6.07, 6.45) is -0.578. The van der Waals surface area contributed by atoms with Crippen molar-refractivity contribution in [1.29, 1.82) is 0 Å². The van der Waals surface area contributed by atoms with Crippen molar-refractivity contribution in [3.05, 3.63) is 100 Å². The summed E-state index contributed by atoms with van der Waals surface area (Å²) in [4.78, 5) is 18.1. The molecule has 8 heteroatoms. The van der Waals surface area contributed by atoms with Gasteiger partial charge in [0.25, 0.3) is 5.91 Å². The van der Waals surface area contributed by atoms with Crippen LogP contribution < -0.4 is 20.6 Å². The van der Waals surface area contributed by atoms with Crippen LogP contribution in [0.5, 0.6) is 5.75 Å². The number of carbonyl (C=O) groups is 1. The second-order valence-electron chi connectivity index (χ2n) is 7.19. The van der Waals surface area contributed by atoms with E-state index in [0.29, 0.717) is 38.5 Å². The van der Waals surface area contributed by atoms with Gasteiger partial charge in [0, 0.05) is 16.5 Å². The summed E-state index contributed by atoms with van der Waals surface area (Å²) in [5.74, 6) is 0.422. The van der Waals surface area contributed by atoms with Crippen molar-refractivity contribution in [2.45, 2.75) is 11.9 Å². The standard InChI is InChI=1S/C24H19FN4O2S/c1-31-20-13-7-4-10-17(20)22-26-19-12-6-3-9-16(19)21-23(30)27-24(28-29(21)22)32-14-15-8-2-5-11-18(15)25/h2-13,22H,14H2,1H3,(H,27,28,30)/t22-/m1/s1. The summed E-state index contributed by atoms with van der Waals surface area (Å²) in [6.45, 7) is 0. The summed E-state index contributed by atoms with van der Waals surface area (Å²) >= 11 is 1.26. The SMILES string of the molecule is COc1ccccc1[C@@H]1N=c2ccccc2=C2C(=O)NC(SCc3ccccc3F)=NN21. The zero-order chi connectivity index (χ0) is 22.1. The molecule has 0 unspecified atom stereocenters. The quantitative estimate of drug-likeness (QED) is 0.669. The number of amides is 1. The van der Waals surface area contributed by atoms with Crippen LogP contribution in [0.2, 0.25) is 0 Å². The highest BCUT2D eigenvalue weighted by atomic mass is 32.2. The van der Waals surface area contributed by atoms with Crippen LogP contribution in [0.4, 0.5) is 4.39 Å². The van der Waals surface area contributed by atoms with Crippen LogP contribution in [-0.2, 0) is 10.5 Å². The molecular formula is C24H19FN4O2S. The Morgan fingerprint density at radius 2 is 1.81 bits per heavy atom. The van der Waals surface area contributed by atoms with Gasteiger partial charge in [-0.2, -0.15) is 0 Å². The summed E-state index contributed by atoms with van der Waals surface area (Å²) in [5.41, 5.74) is 1.75. The fourth-order valence-electron chi connectivity index (χ4n) is 3.74. The van der Waals surface area contributed by atoms with Gasteiger partial charge < -0.3 is 4.74 Å². The number of hydrogen-bond acceptors (Lipinski definition) is 6. The molecule has 0 fully saturated rings. The van der Waals surface area contributed by atoms with E-state index in [-0.39, 0.29) is 11.7 Å². The number of carbonyl (C=O) groups excluding carboxylic acids is 1. The number of rotatable bonds is 4. The van der Waals surface area contributed by atoms with E-state index in [2.05, 4.69) is 5.32 Å². The molecule has 2 aliphatic heterocycles. The highest BCUT2D eigenvalue weighted by molar-refractivity contribution is 8.13. The third-order valence-corrected chi connectivity index (χ3v) is 6.17. The van der Waals surface area contributed by atoms with Gasteiger partial charge in [-0.15, -0.1) is 5.10 Å². The van der Waals surface area contributed by atoms with Crippen molar-refractivity contribution in [2.24, 2.45) is 10.1 Å². The predicted molar refractivity (Wildman–Crippen MR) is 121 cm³/mol. The number of nitrogens with one attached hydrogen (secondary N) is 1. The number of methoxy groups -OCH3 is 1. The number of thioether (sulfide) groups is 1. The monoisotopic (exact) mass is 446 g/mol. The van der Waals surface area contributed by atoms with E-state index in [1.807, 2.05) is 48.5 Å². The van der Waals surface area contributed by atoms with Gasteiger partial charge in [0.15, 0.2) is 11.3 Å². The number of benzene rings is 3. The molecule has 2 aliphatic rings. The van der Waals surface area contributed by atoms with Crippen molar-refractivity contribution in [2.75, 3.05) is 7.11 Å². The Hall–Kier alpha value is -3.65. The van der Waals surface area contributed by atoms with E-state index >= 15 is 0 Å². The van der Waals surface area contributed by atoms with Gasteiger partial charge in [0.1, 0.15) is 17.3 Å². The summed E-state index contributed by atoms with van der Waals surface area (Å²) in [7, 11) is 1.60. The Bertz CT molecular complexity index is 1360. The van der Waals surface area contributed by atoms with Gasteiger partial charge in [-0.3, -0.25) is 15.1 Å². The molecule has 160 valence electrons. The van der Waals surface area contributed by atoms with Crippen LogP contribution in [-0.4, -0.2) is 23.2 Å². The van der Waals surface area contributed by atoms with Crippen LogP contribution in [0.25, 0.3) is 5.70 Å². The highest BCUT2D eigenvalue weighted by Crippen LogP contribution is 2.35. The number of ether oxygens (including phenoxy) is 1. The zero-order valence-corrected chi connectivity index (χ0v) is 18.0. The maximum Gasteiger partial charge on any atom is 0.276 e. The molecule has 5 rings (SSSR count). The van der Waals surface area contributed by atoms with Crippen molar-refractivity contribution in [3.8, 4) is 5.75 Å². The Kier molecular flexibility index (Phi) is 5.36. The van der Waals surface area contributed by atoms with Gasteiger partial charge in [-0.25, -0.2) is 9.40 Å². The largest absolute Gasteiger partial charge is 0.496 e. The number of nitrogens with zero attached hydrogens (tertiary/aromatic N) is 3. The van der Waals surface area contributed by atoms with Crippen LogP contribution in [0.1, 0.15) is 17.3 Å². The number of para-hydroxylation sites is 2. The fraction of sp³-hybridized carbons (Fsp3) is 0.125. The van der Waals surface area contributed by atoms with Crippen LogP contribution in [0.15, 0.2) is 82.9 Å². The Morgan fingerprint density at radius 3 is 2.66 bits per heavy atom. The minimum atomic E-state index is -0.578. The molecule has 1 amide bonds. The molecule has 0 spiro atoms. The van der Waals surface area contributed by atoms with Gasteiger partial charge >= 0.3 is 0 Å². The van der Waals surface area contributed by atoms with Crippen LogP contribution in [0.3, 0.4) is 0 Å². The highest BCUT2D eigenvalue weighted by Gasteiger charge is 2.35. The van der Waals surface area contributed by atoms with E-state index in [0.717, 1.165) is 5.56 Å². The summed E-state index contributed by atoms with van der Waals surface area (Å²) in [5, 5.41) is 11.0. The zero-order valence-electron chi connectivity index (χ0n) is 17.2. The van der Waals surface area contributed by atoms with Crippen LogP contribution in [0, 0.1) is 5.82 Å². The number of fused-ring (bicyclic) bond motifs is 2. The molecule has 3 aromatic rings. The normalized spacial score (nSPS) is 17.0. The van der Waals surface area contributed by atoms with Crippen molar-refractivity contribution < 1.29 is 13.9 Å². The Labute approximate surface area is 188 Å². The first-order valence-electron chi connectivity index (χ1n) is 10.0. The van der Waals surface area contributed by atoms with Gasteiger partial charge in [0.05, 0.1) is 12.5 Å². The van der Waals surface area contributed by atoms with Crippen molar-refractivity contribution >= 4 is 28.5 Å². The predicted octanol–water partition coefficient (Wildman–Crippen LogP) is 2.91. The molecule has 6 nitrogen and oxygen atoms in total. The van der Waals surface area contributed by atoms with Gasteiger partial charge in [-0.1, -0.05) is 66.4 Å². The topological polar surface area (TPSA) is 66.3 Å². The lowest BCUT2D eigenvalue weighted by Crippen LogP contribution is -2.50. The lowest BCUT2D eigenvalue weighted by Gasteiger charge is -2.34. The second kappa shape index (κ2) is 8.47. The van der Waals surface area contributed by atoms with Gasteiger partial charge in [-0.05, 0) is 23.8 Å². The third-order valence-electron chi connectivity index (χ3n) is 5.25. The molecule has 0 aromatic heterocycles. The molecule has 0 saturated heterocycles. The second-order valence-corrected chi connectivity index (χ2v) is 8.16. The average Bonchev–Trinajstić information content (AvgIpc) is 2.83. The fourth-order valence-corrected chi connectivity index (χ4v) is 4.57. The first-order chi connectivity index (χ1) is 15.7. The molecule has 0 saturated carbocycles. The van der Waals surface area contributed by atoms with E-state index in [1.165, 1.54) is 17.8 Å². The Balaban J connectivity index is 1.59. The number of amidine groups is 1. The third kappa shape index (κ3) is 3.62.